The second kappa shape index (κ2) is 6.20. The number of hydrogen-bond acceptors (Lipinski definition) is 1. The summed E-state index contributed by atoms with van der Waals surface area (Å²) >= 11 is 7.57. The van der Waals surface area contributed by atoms with Gasteiger partial charge in [-0.15, -0.1) is 0 Å². The molecule has 2 aliphatic carbocycles. The van der Waals surface area contributed by atoms with Gasteiger partial charge in [0.1, 0.15) is 11.2 Å². The second-order valence-electron chi connectivity index (χ2n) is 10.5. The smallest absolute Gasteiger partial charge is 0.144 e. The maximum Gasteiger partial charge on any atom is 0.144 e. The van der Waals surface area contributed by atoms with Gasteiger partial charge in [0, 0.05) is 36.1 Å². The van der Waals surface area contributed by atoms with Crippen LogP contribution < -0.4 is 0 Å². The number of para-hydroxylation sites is 1. The minimum atomic E-state index is -0.110. The van der Waals surface area contributed by atoms with E-state index in [0.29, 0.717) is 0 Å². The molecule has 0 N–H and O–H groups in total. The SMILES string of the molecule is CC1(C)c2cc(Br)ccc2-c2cc3c(cc21)C(C)(C)c1cc(Br)c2c(oc4ccccc42)c1-3. The molecular formula is C30H22Br2O. The highest BCUT2D eigenvalue weighted by molar-refractivity contribution is 9.11. The van der Waals surface area contributed by atoms with Crippen LogP contribution in [0.15, 0.2) is 74.0 Å². The standard InChI is InChI=1S/C30H22Br2O/c1-29(2)20-11-15(31)9-10-16(20)18-12-19-22(13-21(18)29)30(3,4)23-14-24(32)27-17-7-5-6-8-25(17)33-28(27)26(19)23/h5-14H,1-4H3. The Balaban J connectivity index is 1.62. The molecule has 1 heterocycles. The number of furan rings is 1. The lowest BCUT2D eigenvalue weighted by Crippen LogP contribution is -2.18. The number of benzene rings is 4. The maximum atomic E-state index is 6.54. The number of rotatable bonds is 0. The lowest BCUT2D eigenvalue weighted by Gasteiger charge is -2.26. The van der Waals surface area contributed by atoms with Crippen LogP contribution >= 0.6 is 31.9 Å². The maximum absolute atomic E-state index is 6.54. The molecule has 1 aromatic heterocycles. The summed E-state index contributed by atoms with van der Waals surface area (Å²) in [5.41, 5.74) is 12.5. The summed E-state index contributed by atoms with van der Waals surface area (Å²) in [4.78, 5) is 0. The first-order chi connectivity index (χ1) is 15.7. The fourth-order valence-electron chi connectivity index (χ4n) is 6.23. The zero-order valence-electron chi connectivity index (χ0n) is 18.9. The number of fused-ring (bicyclic) bond motifs is 10. The Morgan fingerprint density at radius 3 is 2.18 bits per heavy atom. The predicted molar refractivity (Wildman–Crippen MR) is 144 cm³/mol. The van der Waals surface area contributed by atoms with Crippen LogP contribution in [0.2, 0.25) is 0 Å². The van der Waals surface area contributed by atoms with E-state index < -0.39 is 0 Å². The molecule has 0 amide bonds. The molecule has 1 nitrogen and oxygen atoms in total. The Bertz CT molecular complexity index is 1680. The van der Waals surface area contributed by atoms with E-state index in [-0.39, 0.29) is 10.8 Å². The Morgan fingerprint density at radius 2 is 1.36 bits per heavy atom. The summed E-state index contributed by atoms with van der Waals surface area (Å²) < 4.78 is 8.77. The van der Waals surface area contributed by atoms with E-state index in [1.165, 1.54) is 44.5 Å². The highest BCUT2D eigenvalue weighted by atomic mass is 79.9. The Labute approximate surface area is 210 Å². The minimum absolute atomic E-state index is 0.0381. The van der Waals surface area contributed by atoms with Crippen molar-refractivity contribution >= 4 is 53.8 Å². The minimum Gasteiger partial charge on any atom is -0.455 e. The van der Waals surface area contributed by atoms with Gasteiger partial charge in [-0.1, -0.05) is 89.9 Å². The van der Waals surface area contributed by atoms with Crippen molar-refractivity contribution in [2.24, 2.45) is 0 Å². The van der Waals surface area contributed by atoms with Gasteiger partial charge < -0.3 is 4.42 Å². The van der Waals surface area contributed by atoms with Crippen LogP contribution in [0, 0.1) is 0 Å². The van der Waals surface area contributed by atoms with Crippen molar-refractivity contribution in [3.05, 3.63) is 91.9 Å². The normalized spacial score (nSPS) is 16.7. The van der Waals surface area contributed by atoms with Crippen molar-refractivity contribution in [2.75, 3.05) is 0 Å². The molecule has 0 spiro atoms. The van der Waals surface area contributed by atoms with E-state index in [1.54, 1.807) is 0 Å². The fraction of sp³-hybridized carbons (Fsp3) is 0.200. The lowest BCUT2D eigenvalue weighted by molar-refractivity contribution is 0.637. The van der Waals surface area contributed by atoms with Gasteiger partial charge in [0.15, 0.2) is 0 Å². The molecule has 0 atom stereocenters. The lowest BCUT2D eigenvalue weighted by atomic mass is 9.77. The molecule has 3 heteroatoms. The molecule has 7 rings (SSSR count). The van der Waals surface area contributed by atoms with Crippen LogP contribution in [0.4, 0.5) is 0 Å². The summed E-state index contributed by atoms with van der Waals surface area (Å²) in [7, 11) is 0. The number of halogens is 2. The topological polar surface area (TPSA) is 13.1 Å². The van der Waals surface area contributed by atoms with Gasteiger partial charge in [0.25, 0.3) is 0 Å². The fourth-order valence-corrected chi connectivity index (χ4v) is 7.22. The summed E-state index contributed by atoms with van der Waals surface area (Å²) in [5.74, 6) is 0. The first kappa shape index (κ1) is 20.1. The van der Waals surface area contributed by atoms with Gasteiger partial charge in [-0.3, -0.25) is 0 Å². The van der Waals surface area contributed by atoms with Crippen LogP contribution in [0.5, 0.6) is 0 Å². The predicted octanol–water partition coefficient (Wildman–Crippen LogP) is 9.72. The summed E-state index contributed by atoms with van der Waals surface area (Å²) in [5, 5.41) is 2.32. The highest BCUT2D eigenvalue weighted by Crippen LogP contribution is 2.58. The van der Waals surface area contributed by atoms with Crippen LogP contribution in [-0.2, 0) is 10.8 Å². The van der Waals surface area contributed by atoms with Gasteiger partial charge in [-0.05, 0) is 69.3 Å². The molecular weight excluding hydrogens is 536 g/mol. The van der Waals surface area contributed by atoms with Gasteiger partial charge >= 0.3 is 0 Å². The first-order valence-electron chi connectivity index (χ1n) is 11.3. The zero-order valence-corrected chi connectivity index (χ0v) is 22.1. The molecule has 0 unspecified atom stereocenters. The van der Waals surface area contributed by atoms with Crippen molar-refractivity contribution in [3.8, 4) is 22.3 Å². The zero-order chi connectivity index (χ0) is 22.9. The van der Waals surface area contributed by atoms with Gasteiger partial charge in [-0.2, -0.15) is 0 Å². The molecule has 2 aliphatic rings. The molecule has 33 heavy (non-hydrogen) atoms. The van der Waals surface area contributed by atoms with Crippen molar-refractivity contribution in [1.29, 1.82) is 0 Å². The molecule has 0 saturated carbocycles. The summed E-state index contributed by atoms with van der Waals surface area (Å²) in [6, 6.07) is 22.3. The molecule has 0 fully saturated rings. The van der Waals surface area contributed by atoms with E-state index in [4.69, 9.17) is 4.42 Å². The third-order valence-electron chi connectivity index (χ3n) is 7.99. The number of hydrogen-bond donors (Lipinski definition) is 0. The average Bonchev–Trinajstić information content (AvgIpc) is 3.34. The molecule has 0 radical (unpaired) electrons. The Morgan fingerprint density at radius 1 is 0.667 bits per heavy atom. The van der Waals surface area contributed by atoms with Gasteiger partial charge in [-0.25, -0.2) is 0 Å². The quantitative estimate of drug-likeness (QED) is 0.185. The molecule has 4 aromatic carbocycles. The van der Waals surface area contributed by atoms with Crippen molar-refractivity contribution in [2.45, 2.75) is 38.5 Å². The Kier molecular flexibility index (Phi) is 3.76. The van der Waals surface area contributed by atoms with Crippen LogP contribution in [-0.4, -0.2) is 0 Å². The first-order valence-corrected chi connectivity index (χ1v) is 12.9. The van der Waals surface area contributed by atoms with E-state index in [0.717, 1.165) is 30.9 Å². The van der Waals surface area contributed by atoms with Crippen molar-refractivity contribution < 1.29 is 4.42 Å². The van der Waals surface area contributed by atoms with Crippen LogP contribution in [0.25, 0.3) is 44.2 Å². The largest absolute Gasteiger partial charge is 0.455 e. The monoisotopic (exact) mass is 556 g/mol. The third kappa shape index (κ3) is 2.38. The van der Waals surface area contributed by atoms with Crippen molar-refractivity contribution in [3.63, 3.8) is 0 Å². The van der Waals surface area contributed by atoms with Crippen molar-refractivity contribution in [1.82, 2.24) is 0 Å². The summed E-state index contributed by atoms with van der Waals surface area (Å²) in [6.45, 7) is 9.38. The summed E-state index contributed by atoms with van der Waals surface area (Å²) in [6.07, 6.45) is 0. The molecule has 0 bridgehead atoms. The molecule has 162 valence electrons. The van der Waals surface area contributed by atoms with Gasteiger partial charge in [0.2, 0.25) is 0 Å². The van der Waals surface area contributed by atoms with E-state index in [2.05, 4.69) is 114 Å². The van der Waals surface area contributed by atoms with Gasteiger partial charge in [0.05, 0.1) is 0 Å². The molecule has 5 aromatic rings. The van der Waals surface area contributed by atoms with E-state index in [1.807, 2.05) is 6.07 Å². The highest BCUT2D eigenvalue weighted by Gasteiger charge is 2.43. The second-order valence-corrected chi connectivity index (χ2v) is 12.2. The Hall–Kier alpha value is -2.36. The molecule has 0 saturated heterocycles. The van der Waals surface area contributed by atoms with Crippen LogP contribution in [0.3, 0.4) is 0 Å². The molecule has 0 aliphatic heterocycles. The van der Waals surface area contributed by atoms with E-state index in [9.17, 15) is 0 Å². The average molecular weight is 558 g/mol. The van der Waals surface area contributed by atoms with Crippen LogP contribution in [0.1, 0.15) is 49.9 Å². The third-order valence-corrected chi connectivity index (χ3v) is 9.11. The van der Waals surface area contributed by atoms with E-state index >= 15 is 0 Å².